The van der Waals surface area contributed by atoms with Crippen molar-refractivity contribution in [3.63, 3.8) is 0 Å². The summed E-state index contributed by atoms with van der Waals surface area (Å²) >= 11 is 0. The van der Waals surface area contributed by atoms with Gasteiger partial charge in [0.2, 0.25) is 0 Å². The standard InChI is InChI=1S/C27H28N4O3/c1-19(2)31-26-23(17-28-31)22(16-24(29-26)21-12-8-5-9-13-21)27(33)30(15-14-25(32)34-3)18-20-10-6-4-7-11-20/h4-13,16-17,19H,14-15,18H2,1-3H3. The summed E-state index contributed by atoms with van der Waals surface area (Å²) in [5.74, 6) is -0.538. The van der Waals surface area contributed by atoms with E-state index in [2.05, 4.69) is 5.10 Å². The summed E-state index contributed by atoms with van der Waals surface area (Å²) < 4.78 is 6.64. The SMILES string of the molecule is COC(=O)CCN(Cc1ccccc1)C(=O)c1cc(-c2ccccc2)nc2c1cnn2C(C)C. The smallest absolute Gasteiger partial charge is 0.307 e. The van der Waals surface area contributed by atoms with Gasteiger partial charge in [0.1, 0.15) is 0 Å². The number of carbonyl (C=O) groups excluding carboxylic acids is 2. The van der Waals surface area contributed by atoms with E-state index in [1.165, 1.54) is 7.11 Å². The van der Waals surface area contributed by atoms with Crippen LogP contribution in [0.15, 0.2) is 72.9 Å². The van der Waals surface area contributed by atoms with Gasteiger partial charge in [-0.1, -0.05) is 60.7 Å². The van der Waals surface area contributed by atoms with Gasteiger partial charge in [-0.25, -0.2) is 9.67 Å². The maximum atomic E-state index is 13.9. The summed E-state index contributed by atoms with van der Waals surface area (Å²) in [4.78, 5) is 32.3. The molecule has 2 aromatic heterocycles. The van der Waals surface area contributed by atoms with Crippen molar-refractivity contribution in [3.8, 4) is 11.3 Å². The predicted octanol–water partition coefficient (Wildman–Crippen LogP) is 4.88. The number of pyridine rings is 1. The summed E-state index contributed by atoms with van der Waals surface area (Å²) in [5, 5.41) is 5.20. The topological polar surface area (TPSA) is 77.3 Å². The van der Waals surface area contributed by atoms with E-state index in [0.717, 1.165) is 11.1 Å². The Morgan fingerprint density at radius 3 is 2.35 bits per heavy atom. The lowest BCUT2D eigenvalue weighted by molar-refractivity contribution is -0.140. The Labute approximate surface area is 199 Å². The molecule has 4 aromatic rings. The van der Waals surface area contributed by atoms with Gasteiger partial charge in [-0.15, -0.1) is 0 Å². The zero-order valence-electron chi connectivity index (χ0n) is 19.6. The van der Waals surface area contributed by atoms with Crippen LogP contribution in [0.3, 0.4) is 0 Å². The highest BCUT2D eigenvalue weighted by molar-refractivity contribution is 6.06. The average Bonchev–Trinajstić information content (AvgIpc) is 3.31. The highest BCUT2D eigenvalue weighted by Crippen LogP contribution is 2.27. The van der Waals surface area contributed by atoms with Crippen LogP contribution in [0.5, 0.6) is 0 Å². The van der Waals surface area contributed by atoms with E-state index in [4.69, 9.17) is 9.72 Å². The first-order valence-electron chi connectivity index (χ1n) is 11.3. The molecule has 0 saturated heterocycles. The highest BCUT2D eigenvalue weighted by Gasteiger charge is 2.23. The molecule has 1 amide bonds. The summed E-state index contributed by atoms with van der Waals surface area (Å²) in [5.41, 5.74) is 3.77. The minimum absolute atomic E-state index is 0.0821. The second-order valence-corrected chi connectivity index (χ2v) is 8.38. The normalized spacial score (nSPS) is 11.1. The van der Waals surface area contributed by atoms with E-state index in [0.29, 0.717) is 28.8 Å². The Kier molecular flexibility index (Phi) is 7.01. The molecule has 0 unspecified atom stereocenters. The second kappa shape index (κ2) is 10.3. The summed E-state index contributed by atoms with van der Waals surface area (Å²) in [6.45, 7) is 4.68. The van der Waals surface area contributed by atoms with Gasteiger partial charge in [-0.05, 0) is 25.5 Å². The fourth-order valence-corrected chi connectivity index (χ4v) is 3.88. The lowest BCUT2D eigenvalue weighted by Gasteiger charge is -2.23. The number of fused-ring (bicyclic) bond motifs is 1. The fourth-order valence-electron chi connectivity index (χ4n) is 3.88. The Balaban J connectivity index is 1.80. The summed E-state index contributed by atoms with van der Waals surface area (Å²) in [6, 6.07) is 21.4. The van der Waals surface area contributed by atoms with Gasteiger partial charge >= 0.3 is 5.97 Å². The lowest BCUT2D eigenvalue weighted by atomic mass is 10.1. The third kappa shape index (κ3) is 4.98. The Morgan fingerprint density at radius 1 is 1.03 bits per heavy atom. The number of hydrogen-bond donors (Lipinski definition) is 0. The number of rotatable bonds is 8. The molecule has 0 radical (unpaired) electrons. The largest absolute Gasteiger partial charge is 0.469 e. The molecule has 0 N–H and O–H groups in total. The molecule has 0 aliphatic carbocycles. The van der Waals surface area contributed by atoms with Crippen LogP contribution in [0.1, 0.15) is 42.2 Å². The van der Waals surface area contributed by atoms with E-state index in [1.807, 2.05) is 85.3 Å². The van der Waals surface area contributed by atoms with Gasteiger partial charge in [-0.3, -0.25) is 9.59 Å². The second-order valence-electron chi connectivity index (χ2n) is 8.38. The molecular formula is C27H28N4O3. The molecule has 0 fully saturated rings. The Bertz CT molecular complexity index is 1280. The van der Waals surface area contributed by atoms with Crippen LogP contribution in [0.2, 0.25) is 0 Å². The lowest BCUT2D eigenvalue weighted by Crippen LogP contribution is -2.33. The van der Waals surface area contributed by atoms with E-state index in [1.54, 1.807) is 11.1 Å². The minimum atomic E-state index is -0.358. The quantitative estimate of drug-likeness (QED) is 0.353. The van der Waals surface area contributed by atoms with Gasteiger partial charge < -0.3 is 9.64 Å². The molecule has 0 saturated carbocycles. The van der Waals surface area contributed by atoms with Crippen molar-refractivity contribution in [1.82, 2.24) is 19.7 Å². The van der Waals surface area contributed by atoms with Gasteiger partial charge in [0.05, 0.1) is 36.4 Å². The third-order valence-corrected chi connectivity index (χ3v) is 5.67. The zero-order valence-corrected chi connectivity index (χ0v) is 19.6. The van der Waals surface area contributed by atoms with Gasteiger partial charge in [0.15, 0.2) is 5.65 Å². The van der Waals surface area contributed by atoms with Crippen LogP contribution >= 0.6 is 0 Å². The van der Waals surface area contributed by atoms with Gasteiger partial charge in [0.25, 0.3) is 5.91 Å². The molecule has 0 aliphatic rings. The van der Waals surface area contributed by atoms with E-state index in [9.17, 15) is 9.59 Å². The van der Waals surface area contributed by atoms with Gasteiger partial charge in [0, 0.05) is 24.7 Å². The Hall–Kier alpha value is -4.00. The van der Waals surface area contributed by atoms with Crippen molar-refractivity contribution in [2.45, 2.75) is 32.9 Å². The number of carbonyl (C=O) groups is 2. The monoisotopic (exact) mass is 456 g/mol. The van der Waals surface area contributed by atoms with Crippen LogP contribution in [0.4, 0.5) is 0 Å². The van der Waals surface area contributed by atoms with Crippen LogP contribution in [-0.4, -0.2) is 45.2 Å². The molecule has 0 bridgehead atoms. The zero-order chi connectivity index (χ0) is 24.1. The minimum Gasteiger partial charge on any atom is -0.469 e. The number of esters is 1. The summed E-state index contributed by atoms with van der Waals surface area (Å²) in [6.07, 6.45) is 1.81. The van der Waals surface area contributed by atoms with Crippen molar-refractivity contribution in [1.29, 1.82) is 0 Å². The number of benzene rings is 2. The average molecular weight is 457 g/mol. The molecule has 0 atom stereocenters. The molecule has 0 aliphatic heterocycles. The Morgan fingerprint density at radius 2 is 1.71 bits per heavy atom. The molecule has 7 heteroatoms. The molecule has 2 heterocycles. The highest BCUT2D eigenvalue weighted by atomic mass is 16.5. The van der Waals surface area contributed by atoms with Crippen molar-refractivity contribution < 1.29 is 14.3 Å². The fraction of sp³-hybridized carbons (Fsp3) is 0.259. The molecule has 0 spiro atoms. The van der Waals surface area contributed by atoms with E-state index >= 15 is 0 Å². The predicted molar refractivity (Wildman–Crippen MR) is 131 cm³/mol. The van der Waals surface area contributed by atoms with Gasteiger partial charge in [-0.2, -0.15) is 5.10 Å². The third-order valence-electron chi connectivity index (χ3n) is 5.67. The number of nitrogens with zero attached hydrogens (tertiary/aromatic N) is 4. The van der Waals surface area contributed by atoms with Crippen LogP contribution in [0, 0.1) is 0 Å². The molecule has 34 heavy (non-hydrogen) atoms. The first kappa shape index (κ1) is 23.2. The number of ether oxygens (including phenoxy) is 1. The van der Waals surface area contributed by atoms with Crippen LogP contribution in [-0.2, 0) is 16.1 Å². The van der Waals surface area contributed by atoms with Crippen molar-refractivity contribution in [2.75, 3.05) is 13.7 Å². The summed E-state index contributed by atoms with van der Waals surface area (Å²) in [7, 11) is 1.35. The molecule has 4 rings (SSSR count). The van der Waals surface area contributed by atoms with Crippen LogP contribution in [0.25, 0.3) is 22.3 Å². The molecule has 174 valence electrons. The van der Waals surface area contributed by atoms with Crippen molar-refractivity contribution >= 4 is 22.9 Å². The van der Waals surface area contributed by atoms with E-state index in [-0.39, 0.29) is 30.9 Å². The number of methoxy groups -OCH3 is 1. The van der Waals surface area contributed by atoms with Crippen LogP contribution < -0.4 is 0 Å². The first-order chi connectivity index (χ1) is 16.5. The van der Waals surface area contributed by atoms with Crippen molar-refractivity contribution in [2.24, 2.45) is 0 Å². The first-order valence-corrected chi connectivity index (χ1v) is 11.3. The van der Waals surface area contributed by atoms with E-state index < -0.39 is 0 Å². The van der Waals surface area contributed by atoms with Crippen molar-refractivity contribution in [3.05, 3.63) is 84.1 Å². The molecule has 2 aromatic carbocycles. The number of amides is 1. The number of hydrogen-bond acceptors (Lipinski definition) is 5. The molecular weight excluding hydrogens is 428 g/mol. The maximum absolute atomic E-state index is 13.9. The molecule has 7 nitrogen and oxygen atoms in total. The maximum Gasteiger partial charge on any atom is 0.307 e. The number of aromatic nitrogens is 3.